The van der Waals surface area contributed by atoms with E-state index in [-0.39, 0.29) is 0 Å². The molecule has 0 atom stereocenters. The SMILES string of the molecule is COc1cccc2nc3c(c(N)c12)CSCC3. The van der Waals surface area contributed by atoms with Gasteiger partial charge in [-0.1, -0.05) is 6.07 Å². The van der Waals surface area contributed by atoms with E-state index in [0.29, 0.717) is 0 Å². The minimum Gasteiger partial charge on any atom is -0.496 e. The number of benzene rings is 1. The molecular weight excluding hydrogens is 232 g/mol. The number of pyridine rings is 1. The van der Waals surface area contributed by atoms with Crippen LogP contribution in [0.1, 0.15) is 11.3 Å². The second-order valence-electron chi connectivity index (χ2n) is 4.11. The molecule has 1 aromatic carbocycles. The number of hydrogen-bond acceptors (Lipinski definition) is 4. The number of nitrogens with two attached hydrogens (primary N) is 1. The normalized spacial score (nSPS) is 14.6. The van der Waals surface area contributed by atoms with Gasteiger partial charge in [-0.2, -0.15) is 11.8 Å². The zero-order chi connectivity index (χ0) is 11.8. The van der Waals surface area contributed by atoms with Crippen LogP contribution in [-0.2, 0) is 12.2 Å². The molecule has 1 aliphatic heterocycles. The lowest BCUT2D eigenvalue weighted by Crippen LogP contribution is -2.09. The van der Waals surface area contributed by atoms with Gasteiger partial charge in [-0.15, -0.1) is 0 Å². The van der Waals surface area contributed by atoms with Crippen molar-refractivity contribution in [2.45, 2.75) is 12.2 Å². The molecule has 3 nitrogen and oxygen atoms in total. The van der Waals surface area contributed by atoms with Crippen molar-refractivity contribution in [3.05, 3.63) is 29.5 Å². The van der Waals surface area contributed by atoms with E-state index in [4.69, 9.17) is 15.5 Å². The van der Waals surface area contributed by atoms with E-state index in [1.807, 2.05) is 30.0 Å². The fraction of sp³-hybridized carbons (Fsp3) is 0.308. The van der Waals surface area contributed by atoms with Crippen molar-refractivity contribution in [1.29, 1.82) is 0 Å². The molecule has 0 spiro atoms. The molecule has 88 valence electrons. The summed E-state index contributed by atoms with van der Waals surface area (Å²) in [6, 6.07) is 5.89. The molecule has 4 heteroatoms. The Labute approximate surface area is 104 Å². The summed E-state index contributed by atoms with van der Waals surface area (Å²) < 4.78 is 5.37. The number of nitrogens with zero attached hydrogens (tertiary/aromatic N) is 1. The third kappa shape index (κ3) is 1.63. The van der Waals surface area contributed by atoms with Gasteiger partial charge in [-0.3, -0.25) is 4.98 Å². The van der Waals surface area contributed by atoms with Gasteiger partial charge in [0.2, 0.25) is 0 Å². The van der Waals surface area contributed by atoms with Gasteiger partial charge in [0.1, 0.15) is 5.75 Å². The largest absolute Gasteiger partial charge is 0.496 e. The van der Waals surface area contributed by atoms with E-state index >= 15 is 0 Å². The van der Waals surface area contributed by atoms with Crippen molar-refractivity contribution >= 4 is 28.4 Å². The second kappa shape index (κ2) is 4.11. The molecule has 0 amide bonds. The van der Waals surface area contributed by atoms with Crippen molar-refractivity contribution in [3.63, 3.8) is 0 Å². The number of thioether (sulfide) groups is 1. The van der Waals surface area contributed by atoms with Crippen molar-refractivity contribution in [2.24, 2.45) is 0 Å². The maximum Gasteiger partial charge on any atom is 0.130 e. The van der Waals surface area contributed by atoms with Crippen LogP contribution < -0.4 is 10.5 Å². The monoisotopic (exact) mass is 246 g/mol. The highest BCUT2D eigenvalue weighted by molar-refractivity contribution is 7.98. The van der Waals surface area contributed by atoms with E-state index in [2.05, 4.69) is 0 Å². The summed E-state index contributed by atoms with van der Waals surface area (Å²) in [5.41, 5.74) is 10.4. The molecule has 0 unspecified atom stereocenters. The molecule has 0 bridgehead atoms. The number of ether oxygens (including phenoxy) is 1. The predicted molar refractivity (Wildman–Crippen MR) is 72.6 cm³/mol. The fourth-order valence-electron chi connectivity index (χ4n) is 2.28. The van der Waals surface area contributed by atoms with Crippen LogP contribution in [0.4, 0.5) is 5.69 Å². The zero-order valence-corrected chi connectivity index (χ0v) is 10.5. The van der Waals surface area contributed by atoms with Crippen molar-refractivity contribution < 1.29 is 4.74 Å². The van der Waals surface area contributed by atoms with Gasteiger partial charge in [0, 0.05) is 17.0 Å². The topological polar surface area (TPSA) is 48.1 Å². The minimum absolute atomic E-state index is 0.811. The summed E-state index contributed by atoms with van der Waals surface area (Å²) in [4.78, 5) is 4.71. The van der Waals surface area contributed by atoms with Gasteiger partial charge in [0.15, 0.2) is 0 Å². The number of aryl methyl sites for hydroxylation is 1. The lowest BCUT2D eigenvalue weighted by molar-refractivity contribution is 0.420. The summed E-state index contributed by atoms with van der Waals surface area (Å²) in [6.07, 6.45) is 1.01. The van der Waals surface area contributed by atoms with Crippen LogP contribution in [0, 0.1) is 0 Å². The molecule has 0 saturated carbocycles. The highest BCUT2D eigenvalue weighted by Gasteiger charge is 2.18. The van der Waals surface area contributed by atoms with Gasteiger partial charge >= 0.3 is 0 Å². The molecule has 2 N–H and O–H groups in total. The van der Waals surface area contributed by atoms with Crippen LogP contribution in [0.5, 0.6) is 5.75 Å². The van der Waals surface area contributed by atoms with E-state index in [1.54, 1.807) is 7.11 Å². The van der Waals surface area contributed by atoms with Crippen LogP contribution >= 0.6 is 11.8 Å². The molecule has 17 heavy (non-hydrogen) atoms. The second-order valence-corrected chi connectivity index (χ2v) is 5.21. The number of hydrogen-bond donors (Lipinski definition) is 1. The van der Waals surface area contributed by atoms with Crippen LogP contribution in [0.25, 0.3) is 10.9 Å². The Bertz CT molecular complexity index is 583. The smallest absolute Gasteiger partial charge is 0.130 e. The minimum atomic E-state index is 0.811. The molecule has 1 aromatic heterocycles. The number of aromatic nitrogens is 1. The first-order chi connectivity index (χ1) is 8.31. The van der Waals surface area contributed by atoms with E-state index in [0.717, 1.165) is 46.0 Å². The first kappa shape index (κ1) is 10.7. The number of methoxy groups -OCH3 is 1. The Morgan fingerprint density at radius 2 is 2.29 bits per heavy atom. The third-order valence-electron chi connectivity index (χ3n) is 3.15. The third-order valence-corrected chi connectivity index (χ3v) is 4.14. The van der Waals surface area contributed by atoms with E-state index in [9.17, 15) is 0 Å². The highest BCUT2D eigenvalue weighted by atomic mass is 32.2. The molecule has 3 rings (SSSR count). The van der Waals surface area contributed by atoms with Crippen LogP contribution in [0.3, 0.4) is 0 Å². The summed E-state index contributed by atoms with van der Waals surface area (Å²) in [5.74, 6) is 2.91. The van der Waals surface area contributed by atoms with Crippen LogP contribution in [0.2, 0.25) is 0 Å². The molecule has 0 radical (unpaired) electrons. The molecule has 0 aliphatic carbocycles. The molecular formula is C13H14N2OS. The Morgan fingerprint density at radius 3 is 3.12 bits per heavy atom. The average Bonchev–Trinajstić information content (AvgIpc) is 2.38. The Balaban J connectivity index is 2.36. The van der Waals surface area contributed by atoms with Crippen molar-refractivity contribution in [3.8, 4) is 5.75 Å². The molecule has 0 saturated heterocycles. The molecule has 0 fully saturated rings. The lowest BCUT2D eigenvalue weighted by Gasteiger charge is -2.19. The molecule has 2 heterocycles. The molecule has 2 aromatic rings. The lowest BCUT2D eigenvalue weighted by atomic mass is 10.0. The van der Waals surface area contributed by atoms with Gasteiger partial charge < -0.3 is 10.5 Å². The van der Waals surface area contributed by atoms with Crippen LogP contribution in [0.15, 0.2) is 18.2 Å². The summed E-state index contributed by atoms with van der Waals surface area (Å²) in [6.45, 7) is 0. The Kier molecular flexibility index (Phi) is 2.59. The standard InChI is InChI=1S/C13H14N2OS/c1-16-11-4-2-3-10-12(11)13(14)8-7-17-6-5-9(8)15-10/h2-4H,5-7H2,1H3,(H2,14,15). The first-order valence-corrected chi connectivity index (χ1v) is 6.78. The Morgan fingerprint density at radius 1 is 1.41 bits per heavy atom. The van der Waals surface area contributed by atoms with Gasteiger partial charge in [-0.25, -0.2) is 0 Å². The number of nitrogen functional groups attached to an aromatic ring is 1. The number of fused-ring (bicyclic) bond motifs is 2. The summed E-state index contributed by atoms with van der Waals surface area (Å²) in [5, 5.41) is 0.955. The molecule has 1 aliphatic rings. The van der Waals surface area contributed by atoms with Gasteiger partial charge in [-0.05, 0) is 24.3 Å². The number of rotatable bonds is 1. The Hall–Kier alpha value is -1.42. The quantitative estimate of drug-likeness (QED) is 0.840. The summed E-state index contributed by atoms with van der Waals surface area (Å²) >= 11 is 1.91. The average molecular weight is 246 g/mol. The fourth-order valence-corrected chi connectivity index (χ4v) is 3.29. The highest BCUT2D eigenvalue weighted by Crippen LogP contribution is 2.37. The van der Waals surface area contributed by atoms with Crippen molar-refractivity contribution in [2.75, 3.05) is 18.6 Å². The maximum atomic E-state index is 6.28. The van der Waals surface area contributed by atoms with Crippen molar-refractivity contribution in [1.82, 2.24) is 4.98 Å². The van der Waals surface area contributed by atoms with Gasteiger partial charge in [0.25, 0.3) is 0 Å². The van der Waals surface area contributed by atoms with Crippen LogP contribution in [-0.4, -0.2) is 17.8 Å². The first-order valence-electron chi connectivity index (χ1n) is 5.63. The maximum absolute atomic E-state index is 6.28. The van der Waals surface area contributed by atoms with E-state index in [1.165, 1.54) is 5.56 Å². The number of anilines is 1. The zero-order valence-electron chi connectivity index (χ0n) is 9.69. The van der Waals surface area contributed by atoms with E-state index < -0.39 is 0 Å². The summed E-state index contributed by atoms with van der Waals surface area (Å²) in [7, 11) is 1.67. The predicted octanol–water partition coefficient (Wildman–Crippen LogP) is 2.61. The van der Waals surface area contributed by atoms with Gasteiger partial charge in [0.05, 0.1) is 23.7 Å².